The maximum absolute atomic E-state index is 12.7. The third-order valence-electron chi connectivity index (χ3n) is 3.50. The fraction of sp³-hybridized carbons (Fsp3) is 0.300. The Hall–Kier alpha value is -3.26. The average Bonchev–Trinajstić information content (AvgIpc) is 2.69. The summed E-state index contributed by atoms with van der Waals surface area (Å²) < 4.78 is 9.84. The van der Waals surface area contributed by atoms with Crippen molar-refractivity contribution in [2.45, 2.75) is 26.9 Å². The zero-order valence-corrected chi connectivity index (χ0v) is 15.8. The molecule has 0 aliphatic rings. The van der Waals surface area contributed by atoms with Crippen LogP contribution in [0.5, 0.6) is 0 Å². The number of benzene rings is 1. The van der Waals surface area contributed by atoms with E-state index >= 15 is 0 Å². The number of carbonyl (C=O) groups excluding carboxylic acids is 3. The van der Waals surface area contributed by atoms with E-state index < -0.39 is 24.3 Å². The standard InChI is InChI=1S/C20H22N2O6/c1-3-26-18(24)13-17(23)22(28-14-15-9-6-5-7-10-15)19-16(11-8-12-21-19)20(25)27-4-2/h5-12H,3-4,13-14H2,1-2H3. The van der Waals surface area contributed by atoms with Gasteiger partial charge in [-0.2, -0.15) is 5.06 Å². The van der Waals surface area contributed by atoms with Gasteiger partial charge in [-0.25, -0.2) is 9.78 Å². The molecule has 2 rings (SSSR count). The third-order valence-corrected chi connectivity index (χ3v) is 3.50. The second kappa shape index (κ2) is 10.8. The van der Waals surface area contributed by atoms with Crippen LogP contribution in [-0.2, 0) is 30.5 Å². The van der Waals surface area contributed by atoms with Gasteiger partial charge in [-0.3, -0.25) is 14.4 Å². The number of anilines is 1. The molecule has 1 heterocycles. The summed E-state index contributed by atoms with van der Waals surface area (Å²) in [5.74, 6) is -2.11. The van der Waals surface area contributed by atoms with Gasteiger partial charge in [0.2, 0.25) is 0 Å². The monoisotopic (exact) mass is 386 g/mol. The van der Waals surface area contributed by atoms with E-state index in [-0.39, 0.29) is 31.2 Å². The van der Waals surface area contributed by atoms with Crippen LogP contribution in [0.2, 0.25) is 0 Å². The van der Waals surface area contributed by atoms with Crippen LogP contribution in [0.3, 0.4) is 0 Å². The van der Waals surface area contributed by atoms with E-state index in [0.29, 0.717) is 0 Å². The van der Waals surface area contributed by atoms with Crippen molar-refractivity contribution in [1.29, 1.82) is 0 Å². The lowest BCUT2D eigenvalue weighted by Crippen LogP contribution is -2.35. The van der Waals surface area contributed by atoms with Gasteiger partial charge < -0.3 is 9.47 Å². The molecule has 1 amide bonds. The molecular formula is C20H22N2O6. The van der Waals surface area contributed by atoms with Gasteiger partial charge in [0.15, 0.2) is 5.82 Å². The van der Waals surface area contributed by atoms with Crippen molar-refractivity contribution in [2.75, 3.05) is 18.3 Å². The summed E-state index contributed by atoms with van der Waals surface area (Å²) >= 11 is 0. The van der Waals surface area contributed by atoms with Crippen molar-refractivity contribution in [3.63, 3.8) is 0 Å². The summed E-state index contributed by atoms with van der Waals surface area (Å²) in [6, 6.07) is 12.2. The lowest BCUT2D eigenvalue weighted by atomic mass is 10.2. The van der Waals surface area contributed by atoms with Crippen LogP contribution in [0.25, 0.3) is 0 Å². The molecule has 0 fully saturated rings. The highest BCUT2D eigenvalue weighted by atomic mass is 16.7. The normalized spacial score (nSPS) is 10.2. The highest BCUT2D eigenvalue weighted by Gasteiger charge is 2.27. The summed E-state index contributed by atoms with van der Waals surface area (Å²) in [5, 5.41) is 0.843. The summed E-state index contributed by atoms with van der Waals surface area (Å²) in [4.78, 5) is 46.4. The molecule has 8 heteroatoms. The molecule has 2 aromatic rings. The lowest BCUT2D eigenvalue weighted by Gasteiger charge is -2.22. The number of carbonyl (C=O) groups is 3. The van der Waals surface area contributed by atoms with Crippen molar-refractivity contribution in [3.05, 3.63) is 59.8 Å². The van der Waals surface area contributed by atoms with Crippen LogP contribution in [0.1, 0.15) is 36.2 Å². The van der Waals surface area contributed by atoms with E-state index in [1.165, 1.54) is 12.3 Å². The Bertz CT molecular complexity index is 809. The maximum atomic E-state index is 12.7. The van der Waals surface area contributed by atoms with Gasteiger partial charge in [0.1, 0.15) is 18.6 Å². The first-order chi connectivity index (χ1) is 13.6. The van der Waals surface area contributed by atoms with Gasteiger partial charge in [0.05, 0.1) is 13.2 Å². The van der Waals surface area contributed by atoms with Gasteiger partial charge in [-0.15, -0.1) is 0 Å². The Balaban J connectivity index is 2.31. The Kier molecular flexibility index (Phi) is 8.11. The molecule has 0 unspecified atom stereocenters. The van der Waals surface area contributed by atoms with Crippen LogP contribution >= 0.6 is 0 Å². The second-order valence-electron chi connectivity index (χ2n) is 5.52. The summed E-state index contributed by atoms with van der Waals surface area (Å²) in [6.07, 6.45) is 0.857. The van der Waals surface area contributed by atoms with Crippen LogP contribution in [0.15, 0.2) is 48.7 Å². The fourth-order valence-electron chi connectivity index (χ4n) is 2.30. The zero-order valence-electron chi connectivity index (χ0n) is 15.8. The number of ether oxygens (including phenoxy) is 2. The van der Waals surface area contributed by atoms with E-state index in [1.807, 2.05) is 30.3 Å². The molecule has 0 aliphatic heterocycles. The first-order valence-corrected chi connectivity index (χ1v) is 8.84. The van der Waals surface area contributed by atoms with E-state index in [4.69, 9.17) is 14.3 Å². The molecule has 0 aliphatic carbocycles. The van der Waals surface area contributed by atoms with Gasteiger partial charge in [-0.05, 0) is 31.5 Å². The Morgan fingerprint density at radius 3 is 2.36 bits per heavy atom. The smallest absolute Gasteiger partial charge is 0.341 e. The highest BCUT2D eigenvalue weighted by Crippen LogP contribution is 2.21. The molecule has 0 saturated heterocycles. The minimum atomic E-state index is -0.710. The SMILES string of the molecule is CCOC(=O)CC(=O)N(OCc1ccccc1)c1ncccc1C(=O)OCC. The quantitative estimate of drug-likeness (QED) is 0.371. The van der Waals surface area contributed by atoms with E-state index in [9.17, 15) is 14.4 Å². The van der Waals surface area contributed by atoms with Gasteiger partial charge in [0, 0.05) is 6.20 Å². The van der Waals surface area contributed by atoms with Crippen LogP contribution < -0.4 is 5.06 Å². The Morgan fingerprint density at radius 1 is 0.964 bits per heavy atom. The topological polar surface area (TPSA) is 95.0 Å². The van der Waals surface area contributed by atoms with Crippen molar-refractivity contribution in [3.8, 4) is 0 Å². The fourth-order valence-corrected chi connectivity index (χ4v) is 2.30. The van der Waals surface area contributed by atoms with Crippen molar-refractivity contribution >= 4 is 23.7 Å². The maximum Gasteiger partial charge on any atom is 0.341 e. The van der Waals surface area contributed by atoms with Crippen molar-refractivity contribution in [2.24, 2.45) is 0 Å². The van der Waals surface area contributed by atoms with E-state index in [2.05, 4.69) is 4.98 Å². The first-order valence-electron chi connectivity index (χ1n) is 8.84. The number of hydrogen-bond acceptors (Lipinski definition) is 7. The van der Waals surface area contributed by atoms with Crippen LogP contribution in [0, 0.1) is 0 Å². The summed E-state index contributed by atoms with van der Waals surface area (Å²) in [6.45, 7) is 3.66. The molecule has 0 atom stereocenters. The molecule has 1 aromatic heterocycles. The van der Waals surface area contributed by atoms with E-state index in [0.717, 1.165) is 10.6 Å². The predicted octanol–water partition coefficient (Wildman–Crippen LogP) is 2.68. The molecule has 0 radical (unpaired) electrons. The summed E-state index contributed by atoms with van der Waals surface area (Å²) in [7, 11) is 0. The molecule has 0 saturated carbocycles. The Morgan fingerprint density at radius 2 is 1.68 bits per heavy atom. The number of aromatic nitrogens is 1. The average molecular weight is 386 g/mol. The van der Waals surface area contributed by atoms with Crippen LogP contribution in [-0.4, -0.2) is 36.0 Å². The number of pyridine rings is 1. The molecule has 0 N–H and O–H groups in total. The van der Waals surface area contributed by atoms with Crippen LogP contribution in [0.4, 0.5) is 5.82 Å². The van der Waals surface area contributed by atoms with Crippen molar-refractivity contribution < 1.29 is 28.7 Å². The molecule has 28 heavy (non-hydrogen) atoms. The minimum absolute atomic E-state index is 0.0360. The second-order valence-corrected chi connectivity index (χ2v) is 5.52. The molecule has 8 nitrogen and oxygen atoms in total. The Labute approximate surface area is 163 Å². The van der Waals surface area contributed by atoms with Gasteiger partial charge >= 0.3 is 11.9 Å². The highest BCUT2D eigenvalue weighted by molar-refractivity contribution is 6.05. The number of hydrogen-bond donors (Lipinski definition) is 0. The summed E-state index contributed by atoms with van der Waals surface area (Å²) in [5.41, 5.74) is 0.847. The largest absolute Gasteiger partial charge is 0.466 e. The number of esters is 2. The molecule has 0 bridgehead atoms. The number of amides is 1. The molecular weight excluding hydrogens is 364 g/mol. The number of rotatable bonds is 9. The molecule has 148 valence electrons. The van der Waals surface area contributed by atoms with Crippen molar-refractivity contribution in [1.82, 2.24) is 4.98 Å². The lowest BCUT2D eigenvalue weighted by molar-refractivity contribution is -0.147. The molecule has 1 aromatic carbocycles. The van der Waals surface area contributed by atoms with Gasteiger partial charge in [0.25, 0.3) is 5.91 Å². The zero-order chi connectivity index (χ0) is 20.4. The minimum Gasteiger partial charge on any atom is -0.466 e. The predicted molar refractivity (Wildman–Crippen MR) is 100 cm³/mol. The number of nitrogens with zero attached hydrogens (tertiary/aromatic N) is 2. The van der Waals surface area contributed by atoms with Gasteiger partial charge in [-0.1, -0.05) is 30.3 Å². The number of hydroxylamine groups is 1. The third kappa shape index (κ3) is 5.88. The van der Waals surface area contributed by atoms with E-state index in [1.54, 1.807) is 19.9 Å². The molecule has 0 spiro atoms. The first kappa shape index (κ1) is 21.0.